The predicted octanol–water partition coefficient (Wildman–Crippen LogP) is 4.19. The number of anilines is 1. The Hall–Kier alpha value is -3.36. The second kappa shape index (κ2) is 11.4. The maximum atomic E-state index is 14.1. The molecule has 37 heavy (non-hydrogen) atoms. The van der Waals surface area contributed by atoms with Crippen molar-refractivity contribution in [2.24, 2.45) is 0 Å². The fraction of sp³-hybridized carbons (Fsp3) is 0.345. The third kappa shape index (κ3) is 6.14. The molecule has 0 radical (unpaired) electrons. The van der Waals surface area contributed by atoms with Crippen molar-refractivity contribution in [2.75, 3.05) is 37.6 Å². The van der Waals surface area contributed by atoms with Crippen LogP contribution in [0.15, 0.2) is 72.8 Å². The predicted molar refractivity (Wildman–Crippen MR) is 137 cm³/mol. The molecular weight excluding hydrogens is 477 g/mol. The number of carbonyl (C=O) groups is 1. The van der Waals surface area contributed by atoms with E-state index in [1.807, 2.05) is 23.1 Å². The van der Waals surface area contributed by atoms with E-state index < -0.39 is 11.6 Å². The average molecular weight is 509 g/mol. The molecule has 0 aliphatic carbocycles. The number of piperazine rings is 1. The lowest BCUT2D eigenvalue weighted by Crippen LogP contribution is -2.53. The van der Waals surface area contributed by atoms with Gasteiger partial charge in [-0.05, 0) is 42.3 Å². The maximum Gasteiger partial charge on any atom is 0.240 e. The van der Waals surface area contributed by atoms with Crippen LogP contribution in [0.4, 0.5) is 18.9 Å². The van der Waals surface area contributed by atoms with Crippen LogP contribution >= 0.6 is 0 Å². The molecule has 2 heterocycles. The number of benzene rings is 3. The molecule has 2 fully saturated rings. The summed E-state index contributed by atoms with van der Waals surface area (Å²) in [6, 6.07) is 19.8. The van der Waals surface area contributed by atoms with Gasteiger partial charge in [0.05, 0.1) is 6.04 Å². The first kappa shape index (κ1) is 25.3. The van der Waals surface area contributed by atoms with Gasteiger partial charge in [0, 0.05) is 69.2 Å². The fourth-order valence-electron chi connectivity index (χ4n) is 5.27. The van der Waals surface area contributed by atoms with E-state index in [1.165, 1.54) is 24.3 Å². The van der Waals surface area contributed by atoms with Crippen LogP contribution in [0.25, 0.3) is 0 Å². The Morgan fingerprint density at radius 2 is 1.57 bits per heavy atom. The monoisotopic (exact) mass is 508 g/mol. The number of rotatable bonds is 7. The molecule has 0 saturated carbocycles. The van der Waals surface area contributed by atoms with Crippen LogP contribution < -0.4 is 10.2 Å². The summed E-state index contributed by atoms with van der Waals surface area (Å²) >= 11 is 0. The van der Waals surface area contributed by atoms with Crippen molar-refractivity contribution in [3.63, 3.8) is 0 Å². The number of likely N-dealkylation sites (tertiary alicyclic amines) is 1. The Labute approximate surface area is 215 Å². The lowest BCUT2D eigenvalue weighted by Gasteiger charge is -2.38. The minimum Gasteiger partial charge on any atom is -0.368 e. The van der Waals surface area contributed by atoms with Crippen molar-refractivity contribution < 1.29 is 18.0 Å². The molecule has 5 rings (SSSR count). The van der Waals surface area contributed by atoms with Crippen LogP contribution in [0.5, 0.6) is 0 Å². The third-order valence-electron chi connectivity index (χ3n) is 7.30. The summed E-state index contributed by atoms with van der Waals surface area (Å²) < 4.78 is 40.7. The van der Waals surface area contributed by atoms with Gasteiger partial charge in [0.1, 0.15) is 17.5 Å². The zero-order valence-electron chi connectivity index (χ0n) is 20.6. The topological polar surface area (TPSA) is 38.8 Å². The van der Waals surface area contributed by atoms with Crippen LogP contribution in [-0.2, 0) is 17.9 Å². The van der Waals surface area contributed by atoms with E-state index in [0.29, 0.717) is 51.3 Å². The molecule has 2 saturated heterocycles. The summed E-state index contributed by atoms with van der Waals surface area (Å²) in [6.07, 6.45) is 0.618. The van der Waals surface area contributed by atoms with E-state index in [-0.39, 0.29) is 30.4 Å². The number of halogens is 3. The molecule has 3 aromatic rings. The van der Waals surface area contributed by atoms with Crippen LogP contribution in [0.3, 0.4) is 0 Å². The smallest absolute Gasteiger partial charge is 0.240 e. The first-order chi connectivity index (χ1) is 18.0. The molecule has 0 aromatic heterocycles. The van der Waals surface area contributed by atoms with Crippen molar-refractivity contribution >= 4 is 11.6 Å². The molecule has 194 valence electrons. The molecule has 0 unspecified atom stereocenters. The van der Waals surface area contributed by atoms with Gasteiger partial charge in [-0.3, -0.25) is 9.69 Å². The van der Waals surface area contributed by atoms with E-state index in [4.69, 9.17) is 0 Å². The van der Waals surface area contributed by atoms with Gasteiger partial charge >= 0.3 is 0 Å². The lowest BCUT2D eigenvalue weighted by atomic mass is 10.1. The highest BCUT2D eigenvalue weighted by atomic mass is 19.1. The zero-order valence-corrected chi connectivity index (χ0v) is 20.6. The van der Waals surface area contributed by atoms with Gasteiger partial charge in [0.2, 0.25) is 5.91 Å². The number of amides is 1. The first-order valence-electron chi connectivity index (χ1n) is 12.7. The molecule has 2 atom stereocenters. The Kier molecular flexibility index (Phi) is 7.76. The molecular formula is C29H31F3N4O. The fourth-order valence-corrected chi connectivity index (χ4v) is 5.27. The first-order valence-corrected chi connectivity index (χ1v) is 12.7. The molecule has 2 aliphatic heterocycles. The zero-order chi connectivity index (χ0) is 25.8. The number of hydrogen-bond donors (Lipinski definition) is 1. The van der Waals surface area contributed by atoms with Gasteiger partial charge in [-0.1, -0.05) is 36.4 Å². The third-order valence-corrected chi connectivity index (χ3v) is 7.30. The van der Waals surface area contributed by atoms with E-state index >= 15 is 0 Å². The Balaban J connectivity index is 1.24. The number of hydrogen-bond acceptors (Lipinski definition) is 4. The SMILES string of the molecule is O=C([C@@H]1C[C@H](NCc2ccc(F)cc2F)CN1Cc1ccccc1)N1CCN(c2ccc(F)cc2)CC1. The van der Waals surface area contributed by atoms with Crippen molar-refractivity contribution in [2.45, 2.75) is 31.6 Å². The second-order valence-corrected chi connectivity index (χ2v) is 9.77. The second-order valence-electron chi connectivity index (χ2n) is 9.77. The Morgan fingerprint density at radius 1 is 0.865 bits per heavy atom. The minimum atomic E-state index is -0.596. The van der Waals surface area contributed by atoms with Crippen molar-refractivity contribution in [1.82, 2.24) is 15.1 Å². The van der Waals surface area contributed by atoms with Crippen molar-refractivity contribution in [3.05, 3.63) is 101 Å². The number of nitrogens with one attached hydrogen (secondary N) is 1. The normalized spacial score (nSPS) is 20.4. The van der Waals surface area contributed by atoms with E-state index in [1.54, 1.807) is 12.1 Å². The summed E-state index contributed by atoms with van der Waals surface area (Å²) in [7, 11) is 0. The molecule has 0 bridgehead atoms. The van der Waals surface area contributed by atoms with Crippen LogP contribution in [-0.4, -0.2) is 60.5 Å². The van der Waals surface area contributed by atoms with Gasteiger partial charge < -0.3 is 15.1 Å². The minimum absolute atomic E-state index is 0.00243. The molecule has 1 amide bonds. The number of nitrogens with zero attached hydrogens (tertiary/aromatic N) is 3. The van der Waals surface area contributed by atoms with Crippen molar-refractivity contribution in [3.8, 4) is 0 Å². The van der Waals surface area contributed by atoms with Gasteiger partial charge in [-0.25, -0.2) is 13.2 Å². The summed E-state index contributed by atoms with van der Waals surface area (Å²) in [5.41, 5.74) is 2.49. The largest absolute Gasteiger partial charge is 0.368 e. The molecule has 0 spiro atoms. The quantitative estimate of drug-likeness (QED) is 0.520. The molecule has 5 nitrogen and oxygen atoms in total. The van der Waals surface area contributed by atoms with Crippen LogP contribution in [0.1, 0.15) is 17.5 Å². The molecule has 8 heteroatoms. The molecule has 1 N–H and O–H groups in total. The standard InChI is InChI=1S/C29H31F3N4O/c30-23-8-10-26(11-9-23)34-12-14-35(15-13-34)29(37)28-17-25(20-36(28)19-21-4-2-1-3-5-21)33-18-22-6-7-24(31)16-27(22)32/h1-11,16,25,28,33H,12-15,17-20H2/t25-,28-/m0/s1. The summed E-state index contributed by atoms with van der Waals surface area (Å²) in [4.78, 5) is 20.0. The summed E-state index contributed by atoms with van der Waals surface area (Å²) in [5.74, 6) is -1.32. The van der Waals surface area contributed by atoms with E-state index in [0.717, 1.165) is 17.3 Å². The summed E-state index contributed by atoms with van der Waals surface area (Å²) in [5, 5.41) is 3.38. The van der Waals surface area contributed by atoms with Gasteiger partial charge in [-0.2, -0.15) is 0 Å². The molecule has 3 aromatic carbocycles. The lowest BCUT2D eigenvalue weighted by molar-refractivity contribution is -0.136. The maximum absolute atomic E-state index is 14.1. The highest BCUT2D eigenvalue weighted by Gasteiger charge is 2.39. The highest BCUT2D eigenvalue weighted by molar-refractivity contribution is 5.82. The van der Waals surface area contributed by atoms with Crippen molar-refractivity contribution in [1.29, 1.82) is 0 Å². The van der Waals surface area contributed by atoms with Gasteiger partial charge in [-0.15, -0.1) is 0 Å². The Morgan fingerprint density at radius 3 is 2.27 bits per heavy atom. The van der Waals surface area contributed by atoms with Gasteiger partial charge in [0.25, 0.3) is 0 Å². The Bertz CT molecular complexity index is 1200. The number of carbonyl (C=O) groups excluding carboxylic acids is 1. The van der Waals surface area contributed by atoms with E-state index in [2.05, 4.69) is 27.2 Å². The van der Waals surface area contributed by atoms with E-state index in [9.17, 15) is 18.0 Å². The van der Waals surface area contributed by atoms with Gasteiger partial charge in [0.15, 0.2) is 0 Å². The average Bonchev–Trinajstić information content (AvgIpc) is 3.31. The van der Waals surface area contributed by atoms with Crippen LogP contribution in [0, 0.1) is 17.5 Å². The molecule has 2 aliphatic rings. The summed E-state index contributed by atoms with van der Waals surface area (Å²) in [6.45, 7) is 4.16. The van der Waals surface area contributed by atoms with Crippen LogP contribution in [0.2, 0.25) is 0 Å². The highest BCUT2D eigenvalue weighted by Crippen LogP contribution is 2.25.